The Hall–Kier alpha value is -2.16. The summed E-state index contributed by atoms with van der Waals surface area (Å²) in [5.74, 6) is 0.767. The van der Waals surface area contributed by atoms with Gasteiger partial charge in [0, 0.05) is 30.5 Å². The average Bonchev–Trinajstić information content (AvgIpc) is 2.67. The van der Waals surface area contributed by atoms with Crippen molar-refractivity contribution in [3.05, 3.63) is 65.5 Å². The van der Waals surface area contributed by atoms with E-state index in [1.54, 1.807) is 6.20 Å². The van der Waals surface area contributed by atoms with Crippen molar-refractivity contribution in [1.29, 1.82) is 0 Å². The molecule has 3 heteroatoms. The van der Waals surface area contributed by atoms with Crippen LogP contribution in [-0.2, 0) is 6.54 Å². The first-order valence-corrected chi connectivity index (χ1v) is 9.45. The fourth-order valence-electron chi connectivity index (χ4n) is 3.68. The van der Waals surface area contributed by atoms with Crippen LogP contribution in [0.5, 0.6) is 0 Å². The van der Waals surface area contributed by atoms with Crippen LogP contribution in [0.3, 0.4) is 0 Å². The van der Waals surface area contributed by atoms with Crippen LogP contribution in [0.4, 0.5) is 0 Å². The predicted octanol–water partition coefficient (Wildman–Crippen LogP) is 5.18. The van der Waals surface area contributed by atoms with Crippen molar-refractivity contribution in [2.75, 3.05) is 0 Å². The van der Waals surface area contributed by atoms with E-state index in [9.17, 15) is 4.79 Å². The fraction of sp³-hybridized carbons (Fsp3) is 0.455. The molecular weight excluding hydrogens is 308 g/mol. The molecule has 1 amide bonds. The number of carbonyl (C=O) groups excluding carboxylic acids is 1. The number of hydrogen-bond acceptors (Lipinski definition) is 2. The molecule has 0 radical (unpaired) electrons. The van der Waals surface area contributed by atoms with Crippen molar-refractivity contribution < 1.29 is 4.79 Å². The second-order valence-electron chi connectivity index (χ2n) is 7.35. The molecule has 132 valence electrons. The van der Waals surface area contributed by atoms with Crippen LogP contribution in [0.25, 0.3) is 0 Å². The molecule has 0 atom stereocenters. The number of carbonyl (C=O) groups is 1. The van der Waals surface area contributed by atoms with Gasteiger partial charge >= 0.3 is 0 Å². The highest BCUT2D eigenvalue weighted by Gasteiger charge is 2.20. The highest BCUT2D eigenvalue weighted by Crippen LogP contribution is 2.32. The lowest BCUT2D eigenvalue weighted by atomic mass is 9.84. The molecule has 1 aromatic heterocycles. The molecule has 0 unspecified atom stereocenters. The molecule has 1 heterocycles. The van der Waals surface area contributed by atoms with Crippen LogP contribution >= 0.6 is 0 Å². The Kier molecular flexibility index (Phi) is 5.85. The molecule has 0 aliphatic heterocycles. The predicted molar refractivity (Wildman–Crippen MR) is 102 cm³/mol. The molecule has 0 spiro atoms. The van der Waals surface area contributed by atoms with E-state index in [1.165, 1.54) is 37.7 Å². The molecule has 1 aliphatic rings. The first-order valence-electron chi connectivity index (χ1n) is 9.45. The molecule has 3 nitrogen and oxygen atoms in total. The SMILES string of the molecule is CC(C)N(Cc1cccnc1)C(=O)c1ccc(C2CCCCC2)cc1. The van der Waals surface area contributed by atoms with Crippen molar-refractivity contribution in [1.82, 2.24) is 9.88 Å². The minimum Gasteiger partial charge on any atom is -0.332 e. The molecule has 0 bridgehead atoms. The van der Waals surface area contributed by atoms with Crippen molar-refractivity contribution in [3.8, 4) is 0 Å². The maximum absolute atomic E-state index is 13.0. The number of rotatable bonds is 5. The summed E-state index contributed by atoms with van der Waals surface area (Å²) in [7, 11) is 0. The summed E-state index contributed by atoms with van der Waals surface area (Å²) in [6, 6.07) is 12.4. The number of aromatic nitrogens is 1. The first-order chi connectivity index (χ1) is 12.1. The third-order valence-corrected chi connectivity index (χ3v) is 5.19. The minimum atomic E-state index is 0.0917. The van der Waals surface area contributed by atoms with Gasteiger partial charge < -0.3 is 4.90 Å². The van der Waals surface area contributed by atoms with Gasteiger partial charge in [-0.15, -0.1) is 0 Å². The molecule has 25 heavy (non-hydrogen) atoms. The second-order valence-corrected chi connectivity index (χ2v) is 7.35. The smallest absolute Gasteiger partial charge is 0.254 e. The quantitative estimate of drug-likeness (QED) is 0.753. The molecule has 1 aromatic carbocycles. The van der Waals surface area contributed by atoms with Gasteiger partial charge in [-0.2, -0.15) is 0 Å². The Balaban J connectivity index is 1.73. The maximum Gasteiger partial charge on any atom is 0.254 e. The van der Waals surface area contributed by atoms with E-state index in [0.29, 0.717) is 12.5 Å². The van der Waals surface area contributed by atoms with Crippen LogP contribution in [0, 0.1) is 0 Å². The lowest BCUT2D eigenvalue weighted by molar-refractivity contribution is 0.0690. The summed E-state index contributed by atoms with van der Waals surface area (Å²) in [5, 5.41) is 0. The highest BCUT2D eigenvalue weighted by atomic mass is 16.2. The summed E-state index contributed by atoms with van der Waals surface area (Å²) in [5.41, 5.74) is 3.22. The van der Waals surface area contributed by atoms with Gasteiger partial charge in [0.25, 0.3) is 5.91 Å². The summed E-state index contributed by atoms with van der Waals surface area (Å²) < 4.78 is 0. The van der Waals surface area contributed by atoms with Crippen LogP contribution in [0.1, 0.15) is 73.4 Å². The molecule has 0 N–H and O–H groups in total. The number of benzene rings is 1. The van der Waals surface area contributed by atoms with Gasteiger partial charge in [0.2, 0.25) is 0 Å². The zero-order valence-corrected chi connectivity index (χ0v) is 15.3. The minimum absolute atomic E-state index is 0.0917. The van der Waals surface area contributed by atoms with Gasteiger partial charge in [-0.05, 0) is 61.9 Å². The molecule has 3 rings (SSSR count). The van der Waals surface area contributed by atoms with E-state index >= 15 is 0 Å². The largest absolute Gasteiger partial charge is 0.332 e. The highest BCUT2D eigenvalue weighted by molar-refractivity contribution is 5.94. The number of pyridine rings is 1. The first kappa shape index (κ1) is 17.7. The van der Waals surface area contributed by atoms with Crippen molar-refractivity contribution in [2.24, 2.45) is 0 Å². The normalized spacial score (nSPS) is 15.3. The molecule has 0 saturated heterocycles. The monoisotopic (exact) mass is 336 g/mol. The van der Waals surface area contributed by atoms with Gasteiger partial charge in [-0.25, -0.2) is 0 Å². The van der Waals surface area contributed by atoms with Crippen LogP contribution in [-0.4, -0.2) is 21.8 Å². The molecular formula is C22H28N2O. The van der Waals surface area contributed by atoms with Crippen molar-refractivity contribution in [2.45, 2.75) is 64.5 Å². The summed E-state index contributed by atoms with van der Waals surface area (Å²) >= 11 is 0. The zero-order valence-electron chi connectivity index (χ0n) is 15.3. The summed E-state index contributed by atoms with van der Waals surface area (Å²) in [6.45, 7) is 4.71. The van der Waals surface area contributed by atoms with Gasteiger partial charge in [0.1, 0.15) is 0 Å². The topological polar surface area (TPSA) is 33.2 Å². The van der Waals surface area contributed by atoms with Gasteiger partial charge in [-0.3, -0.25) is 9.78 Å². The van der Waals surface area contributed by atoms with E-state index in [0.717, 1.165) is 11.1 Å². The van der Waals surface area contributed by atoms with E-state index in [2.05, 4.69) is 31.0 Å². The Bertz CT molecular complexity index is 673. The summed E-state index contributed by atoms with van der Waals surface area (Å²) in [4.78, 5) is 19.0. The van der Waals surface area contributed by atoms with E-state index in [1.807, 2.05) is 35.4 Å². The third kappa shape index (κ3) is 4.47. The average molecular weight is 336 g/mol. The van der Waals surface area contributed by atoms with E-state index in [-0.39, 0.29) is 11.9 Å². The number of amides is 1. The number of nitrogens with zero attached hydrogens (tertiary/aromatic N) is 2. The standard InChI is InChI=1S/C22H28N2O/c1-17(2)24(16-18-7-6-14-23-15-18)22(25)21-12-10-20(11-13-21)19-8-4-3-5-9-19/h6-7,10-15,17,19H,3-5,8-9,16H2,1-2H3. The Morgan fingerprint density at radius 1 is 1.12 bits per heavy atom. The Morgan fingerprint density at radius 2 is 1.84 bits per heavy atom. The van der Waals surface area contributed by atoms with E-state index in [4.69, 9.17) is 0 Å². The van der Waals surface area contributed by atoms with E-state index < -0.39 is 0 Å². The van der Waals surface area contributed by atoms with Gasteiger partial charge in [0.15, 0.2) is 0 Å². The van der Waals surface area contributed by atoms with Gasteiger partial charge in [0.05, 0.1) is 0 Å². The van der Waals surface area contributed by atoms with Crippen molar-refractivity contribution >= 4 is 5.91 Å². The van der Waals surface area contributed by atoms with Gasteiger partial charge in [-0.1, -0.05) is 37.5 Å². The molecule has 2 aromatic rings. The lowest BCUT2D eigenvalue weighted by Gasteiger charge is -2.27. The molecule has 1 aliphatic carbocycles. The van der Waals surface area contributed by atoms with Crippen LogP contribution < -0.4 is 0 Å². The van der Waals surface area contributed by atoms with Crippen molar-refractivity contribution in [3.63, 3.8) is 0 Å². The summed E-state index contributed by atoms with van der Waals surface area (Å²) in [6.07, 6.45) is 10.2. The lowest BCUT2D eigenvalue weighted by Crippen LogP contribution is -2.36. The Morgan fingerprint density at radius 3 is 2.44 bits per heavy atom. The fourth-order valence-corrected chi connectivity index (χ4v) is 3.68. The number of hydrogen-bond donors (Lipinski definition) is 0. The maximum atomic E-state index is 13.0. The van der Waals surface area contributed by atoms with Crippen LogP contribution in [0.2, 0.25) is 0 Å². The second kappa shape index (κ2) is 8.28. The Labute approximate surface area is 151 Å². The third-order valence-electron chi connectivity index (χ3n) is 5.19. The molecule has 1 saturated carbocycles. The molecule has 1 fully saturated rings. The zero-order chi connectivity index (χ0) is 17.6. The van der Waals surface area contributed by atoms with Crippen LogP contribution in [0.15, 0.2) is 48.8 Å².